The van der Waals surface area contributed by atoms with Crippen LogP contribution in [0.4, 0.5) is 10.5 Å². The van der Waals surface area contributed by atoms with Crippen molar-refractivity contribution in [3.05, 3.63) is 123 Å². The van der Waals surface area contributed by atoms with E-state index in [-0.39, 0.29) is 11.9 Å². The van der Waals surface area contributed by atoms with E-state index in [1.54, 1.807) is 12.1 Å². The molecule has 3 heterocycles. The second-order valence-electron chi connectivity index (χ2n) is 10.3. The van der Waals surface area contributed by atoms with Gasteiger partial charge in [-0.05, 0) is 90.3 Å². The number of benzene rings is 2. The number of nitrogens with zero attached hydrogens (tertiary/aromatic N) is 4. The Kier molecular flexibility index (Phi) is 7.80. The molecule has 6 rings (SSSR count). The maximum atomic E-state index is 13.0. The van der Waals surface area contributed by atoms with Gasteiger partial charge in [-0.15, -0.1) is 5.70 Å². The second kappa shape index (κ2) is 11.8. The van der Waals surface area contributed by atoms with Crippen molar-refractivity contribution in [1.82, 2.24) is 14.5 Å². The lowest BCUT2D eigenvalue weighted by atomic mass is 9.81. The van der Waals surface area contributed by atoms with Crippen LogP contribution in [0.5, 0.6) is 0 Å². The fourth-order valence-electron chi connectivity index (χ4n) is 5.77. The summed E-state index contributed by atoms with van der Waals surface area (Å²) >= 11 is 12.5. The van der Waals surface area contributed by atoms with Crippen molar-refractivity contribution in [3.8, 4) is 0 Å². The Labute approximate surface area is 244 Å². The van der Waals surface area contributed by atoms with E-state index in [2.05, 4.69) is 39.2 Å². The van der Waals surface area contributed by atoms with Gasteiger partial charge in [0.25, 0.3) is 0 Å². The van der Waals surface area contributed by atoms with Gasteiger partial charge in [-0.2, -0.15) is 6.20 Å². The van der Waals surface area contributed by atoms with E-state index in [1.807, 2.05) is 54.1 Å². The molecule has 1 saturated heterocycles. The molecule has 2 aromatic carbocycles. The number of allylic oxidation sites excluding steroid dienone is 4. The van der Waals surface area contributed by atoms with Crippen molar-refractivity contribution < 1.29 is 4.79 Å². The molecule has 40 heavy (non-hydrogen) atoms. The fourth-order valence-corrected chi connectivity index (χ4v) is 6.08. The Hall–Kier alpha value is -3.74. The number of carbonyl (C=O) groups is 1. The van der Waals surface area contributed by atoms with Crippen LogP contribution in [-0.2, 0) is 6.54 Å². The van der Waals surface area contributed by atoms with Gasteiger partial charge in [0.15, 0.2) is 0 Å². The third kappa shape index (κ3) is 5.74. The normalized spacial score (nSPS) is 16.9. The molecular formula is C32H30Cl2N5O-. The number of imidazole rings is 1. The quantitative estimate of drug-likeness (QED) is 0.322. The Morgan fingerprint density at radius 3 is 2.65 bits per heavy atom. The van der Waals surface area contributed by atoms with E-state index in [1.165, 1.54) is 22.3 Å². The monoisotopic (exact) mass is 570 g/mol. The van der Waals surface area contributed by atoms with Crippen LogP contribution in [0.2, 0.25) is 10.0 Å². The van der Waals surface area contributed by atoms with Gasteiger partial charge in [-0.1, -0.05) is 53.1 Å². The van der Waals surface area contributed by atoms with E-state index in [0.29, 0.717) is 18.1 Å². The van der Waals surface area contributed by atoms with E-state index < -0.39 is 0 Å². The number of amides is 2. The Balaban J connectivity index is 1.24. The molecule has 6 nitrogen and oxygen atoms in total. The molecule has 3 aliphatic rings. The number of nitrogens with one attached hydrogen (secondary N) is 1. The molecule has 1 N–H and O–H groups in total. The van der Waals surface area contributed by atoms with Crippen LogP contribution in [0.25, 0.3) is 17.0 Å². The van der Waals surface area contributed by atoms with Crippen molar-refractivity contribution >= 4 is 46.6 Å². The molecule has 204 valence electrons. The molecule has 0 unspecified atom stereocenters. The van der Waals surface area contributed by atoms with Gasteiger partial charge < -0.3 is 20.1 Å². The van der Waals surface area contributed by atoms with Crippen LogP contribution in [0.15, 0.2) is 96.4 Å². The number of rotatable bonds is 6. The zero-order valence-electron chi connectivity index (χ0n) is 22.1. The molecule has 2 aliphatic heterocycles. The molecule has 1 aromatic heterocycles. The van der Waals surface area contributed by atoms with Crippen molar-refractivity contribution in [3.63, 3.8) is 0 Å². The molecule has 8 heteroatoms. The Bertz CT molecular complexity index is 1510. The number of aryl methyl sites for hydroxylation is 1. The SMILES string of the molecule is O=C(Nc1ccc(Cl)cc1)N1CCC(C2=C3[N-]C=CC=C3C(CCCn3ccnc3)=Cc3cc(Cl)ccc32)CC1. The average Bonchev–Trinajstić information content (AvgIpc) is 3.45. The summed E-state index contributed by atoms with van der Waals surface area (Å²) in [5.74, 6) is 0.270. The maximum Gasteiger partial charge on any atom is 0.321 e. The van der Waals surface area contributed by atoms with Gasteiger partial charge in [0.1, 0.15) is 0 Å². The lowest BCUT2D eigenvalue weighted by Gasteiger charge is -2.38. The maximum absolute atomic E-state index is 13.0. The second-order valence-corrected chi connectivity index (χ2v) is 11.2. The number of hydrogen-bond donors (Lipinski definition) is 1. The molecule has 1 fully saturated rings. The average molecular weight is 572 g/mol. The predicted octanol–water partition coefficient (Wildman–Crippen LogP) is 8.55. The largest absolute Gasteiger partial charge is 0.663 e. The third-order valence-corrected chi connectivity index (χ3v) is 8.24. The number of aromatic nitrogens is 2. The highest BCUT2D eigenvalue weighted by Crippen LogP contribution is 2.46. The van der Waals surface area contributed by atoms with Crippen molar-refractivity contribution in [1.29, 1.82) is 0 Å². The zero-order valence-corrected chi connectivity index (χ0v) is 23.6. The predicted molar refractivity (Wildman–Crippen MR) is 163 cm³/mol. The number of hydrogen-bond acceptors (Lipinski definition) is 2. The summed E-state index contributed by atoms with van der Waals surface area (Å²) in [4.78, 5) is 19.0. The molecule has 0 radical (unpaired) electrons. The summed E-state index contributed by atoms with van der Waals surface area (Å²) < 4.78 is 2.11. The lowest BCUT2D eigenvalue weighted by Crippen LogP contribution is -2.41. The first-order valence-corrected chi connectivity index (χ1v) is 14.4. The van der Waals surface area contributed by atoms with Gasteiger partial charge in [-0.25, -0.2) is 9.78 Å². The number of fused-ring (bicyclic) bond motifs is 2. The topological polar surface area (TPSA) is 64.3 Å². The van der Waals surface area contributed by atoms with E-state index in [4.69, 9.17) is 28.5 Å². The first-order valence-electron chi connectivity index (χ1n) is 13.7. The van der Waals surface area contributed by atoms with Gasteiger partial charge in [0.2, 0.25) is 0 Å². The van der Waals surface area contributed by atoms with Crippen LogP contribution >= 0.6 is 23.2 Å². The molecule has 2 amide bonds. The summed E-state index contributed by atoms with van der Waals surface area (Å²) in [5.41, 5.74) is 7.78. The van der Waals surface area contributed by atoms with Gasteiger partial charge in [0.05, 0.1) is 6.33 Å². The molecule has 3 aromatic rings. The molecular weight excluding hydrogens is 541 g/mol. The Morgan fingerprint density at radius 1 is 1.07 bits per heavy atom. The summed E-state index contributed by atoms with van der Waals surface area (Å²) in [7, 11) is 0. The smallest absolute Gasteiger partial charge is 0.321 e. The fraction of sp³-hybridized carbons (Fsp3) is 0.250. The van der Waals surface area contributed by atoms with Crippen molar-refractivity contribution in [2.24, 2.45) is 5.92 Å². The summed E-state index contributed by atoms with van der Waals surface area (Å²) in [5, 5.41) is 9.32. The zero-order chi connectivity index (χ0) is 27.5. The first-order chi connectivity index (χ1) is 19.5. The van der Waals surface area contributed by atoms with Gasteiger partial charge in [-0.3, -0.25) is 0 Å². The van der Waals surface area contributed by atoms with Crippen LogP contribution in [-0.4, -0.2) is 33.6 Å². The number of halogens is 2. The standard InChI is InChI=1S/C32H30Cl2N5O/c33-25-5-8-27(9-6-25)37-32(40)39-16-11-22(12-17-39)30-28-10-7-26(34)20-24(28)19-23(29-4-1-13-36-31(29)30)3-2-15-38-18-14-35-21-38/h1,4-10,13-14,18-22H,2-3,11-12,15-17H2,(H,37,40)/q-1. The summed E-state index contributed by atoms with van der Waals surface area (Å²) in [6.07, 6.45) is 17.7. The molecule has 0 saturated carbocycles. The molecule has 1 aliphatic carbocycles. The highest BCUT2D eigenvalue weighted by molar-refractivity contribution is 6.31. The highest BCUT2D eigenvalue weighted by atomic mass is 35.5. The van der Waals surface area contributed by atoms with Gasteiger partial charge >= 0.3 is 6.03 Å². The van der Waals surface area contributed by atoms with Crippen LogP contribution in [0, 0.1) is 5.92 Å². The van der Waals surface area contributed by atoms with Crippen LogP contribution < -0.4 is 5.32 Å². The first kappa shape index (κ1) is 26.5. The van der Waals surface area contributed by atoms with Crippen molar-refractivity contribution in [2.75, 3.05) is 18.4 Å². The number of carbonyl (C=O) groups excluding carboxylic acids is 1. The van der Waals surface area contributed by atoms with E-state index in [9.17, 15) is 4.79 Å². The summed E-state index contributed by atoms with van der Waals surface area (Å²) in [6.45, 7) is 2.25. The number of likely N-dealkylation sites (tertiary alicyclic amines) is 1. The number of urea groups is 1. The highest BCUT2D eigenvalue weighted by Gasteiger charge is 2.29. The van der Waals surface area contributed by atoms with E-state index in [0.717, 1.165) is 54.2 Å². The molecule has 0 bridgehead atoms. The Morgan fingerprint density at radius 2 is 1.88 bits per heavy atom. The minimum Gasteiger partial charge on any atom is -0.663 e. The van der Waals surface area contributed by atoms with Crippen LogP contribution in [0.1, 0.15) is 36.8 Å². The van der Waals surface area contributed by atoms with E-state index >= 15 is 0 Å². The molecule has 0 atom stereocenters. The molecule has 0 spiro atoms. The minimum atomic E-state index is -0.0841. The lowest BCUT2D eigenvalue weighted by molar-refractivity contribution is 0.192. The number of piperidine rings is 1. The number of anilines is 1. The van der Waals surface area contributed by atoms with Crippen molar-refractivity contribution in [2.45, 2.75) is 32.2 Å². The van der Waals surface area contributed by atoms with Crippen LogP contribution in [0.3, 0.4) is 0 Å². The van der Waals surface area contributed by atoms with Gasteiger partial charge in [0, 0.05) is 47.8 Å². The minimum absolute atomic E-state index is 0.0841. The summed E-state index contributed by atoms with van der Waals surface area (Å²) in [6, 6.07) is 13.3. The third-order valence-electron chi connectivity index (χ3n) is 7.75.